The average Bonchev–Trinajstić information content (AvgIpc) is 3.18. The van der Waals surface area contributed by atoms with Crippen LogP contribution in [0.15, 0.2) is 52.9 Å². The predicted molar refractivity (Wildman–Crippen MR) is 122 cm³/mol. The number of aryl methyl sites for hydroxylation is 1. The molecule has 0 saturated carbocycles. The largest absolute Gasteiger partial charge is 0.436 e. The lowest BCUT2D eigenvalue weighted by atomic mass is 9.96. The van der Waals surface area contributed by atoms with Gasteiger partial charge in [0.2, 0.25) is 5.89 Å². The zero-order valence-electron chi connectivity index (χ0n) is 17.5. The van der Waals surface area contributed by atoms with Gasteiger partial charge in [-0.05, 0) is 55.3 Å². The SMILES string of the molecule is Cc1ccc(-c2nc3cc(Cl)ccc3o2)cc1CC(=O)c1cc([N+](=O)[O-])c(C)c([N+](=O)[O-])c1. The number of Topliss-reactive ketones (excluding diaryl/α,β-unsaturated/α-hetero) is 1. The summed E-state index contributed by atoms with van der Waals surface area (Å²) in [6, 6.07) is 12.6. The first-order chi connectivity index (χ1) is 15.6. The fraction of sp³-hybridized carbons (Fsp3) is 0.130. The summed E-state index contributed by atoms with van der Waals surface area (Å²) in [5, 5.41) is 23.2. The number of rotatable bonds is 6. The lowest BCUT2D eigenvalue weighted by Gasteiger charge is -2.08. The van der Waals surface area contributed by atoms with Gasteiger partial charge in [-0.2, -0.15) is 0 Å². The van der Waals surface area contributed by atoms with Crippen molar-refractivity contribution < 1.29 is 19.1 Å². The second-order valence-corrected chi connectivity index (χ2v) is 7.96. The first kappa shape index (κ1) is 22.1. The van der Waals surface area contributed by atoms with E-state index < -0.39 is 27.0 Å². The molecule has 0 amide bonds. The van der Waals surface area contributed by atoms with Crippen LogP contribution in [0, 0.1) is 34.1 Å². The van der Waals surface area contributed by atoms with Gasteiger partial charge in [0.1, 0.15) is 11.1 Å². The van der Waals surface area contributed by atoms with Gasteiger partial charge in [0.25, 0.3) is 11.4 Å². The number of hydrogen-bond acceptors (Lipinski definition) is 7. The maximum atomic E-state index is 13.0. The second-order valence-electron chi connectivity index (χ2n) is 7.53. The highest BCUT2D eigenvalue weighted by molar-refractivity contribution is 6.31. The molecule has 4 aromatic rings. The third-order valence-corrected chi connectivity index (χ3v) is 5.60. The molecule has 166 valence electrons. The standard InChI is InChI=1S/C23H16ClN3O6/c1-12-3-4-14(23-25-18-11-17(24)5-6-22(18)33-23)7-15(12)10-21(28)16-8-19(26(29)30)13(2)20(9-16)27(31)32/h3-9,11H,10H2,1-2H3. The van der Waals surface area contributed by atoms with E-state index in [2.05, 4.69) is 4.98 Å². The Balaban J connectivity index is 1.70. The Morgan fingerprint density at radius 1 is 1.00 bits per heavy atom. The molecular weight excluding hydrogens is 450 g/mol. The maximum Gasteiger partial charge on any atom is 0.279 e. The van der Waals surface area contributed by atoms with Crippen LogP contribution in [0.5, 0.6) is 0 Å². The molecule has 1 heterocycles. The van der Waals surface area contributed by atoms with Crippen molar-refractivity contribution in [2.45, 2.75) is 20.3 Å². The molecule has 0 aliphatic heterocycles. The van der Waals surface area contributed by atoms with Crippen molar-refractivity contribution >= 4 is 39.9 Å². The Hall–Kier alpha value is -4.11. The minimum Gasteiger partial charge on any atom is -0.436 e. The van der Waals surface area contributed by atoms with Crippen molar-refractivity contribution in [3.8, 4) is 11.5 Å². The molecule has 0 spiro atoms. The molecule has 3 aromatic carbocycles. The van der Waals surface area contributed by atoms with E-state index in [9.17, 15) is 25.0 Å². The summed E-state index contributed by atoms with van der Waals surface area (Å²) in [6.07, 6.45) is -0.108. The fourth-order valence-electron chi connectivity index (χ4n) is 3.52. The molecule has 0 bridgehead atoms. The Kier molecular flexibility index (Phi) is 5.65. The molecule has 10 heteroatoms. The summed E-state index contributed by atoms with van der Waals surface area (Å²) in [4.78, 5) is 38.6. The van der Waals surface area contributed by atoms with Crippen LogP contribution in [0.2, 0.25) is 5.02 Å². The molecule has 1 aromatic heterocycles. The van der Waals surface area contributed by atoms with E-state index in [4.69, 9.17) is 16.0 Å². The van der Waals surface area contributed by atoms with Gasteiger partial charge in [0, 0.05) is 34.7 Å². The number of benzene rings is 3. The molecule has 0 unspecified atom stereocenters. The molecule has 9 nitrogen and oxygen atoms in total. The number of oxazole rings is 1. The van der Waals surface area contributed by atoms with E-state index in [1.807, 2.05) is 6.92 Å². The van der Waals surface area contributed by atoms with Gasteiger partial charge in [0.15, 0.2) is 11.4 Å². The van der Waals surface area contributed by atoms with Crippen molar-refractivity contribution in [2.75, 3.05) is 0 Å². The fourth-order valence-corrected chi connectivity index (χ4v) is 3.68. The molecular formula is C23H16ClN3O6. The van der Waals surface area contributed by atoms with E-state index in [0.717, 1.165) is 17.7 Å². The van der Waals surface area contributed by atoms with Gasteiger partial charge < -0.3 is 4.42 Å². The molecule has 33 heavy (non-hydrogen) atoms. The van der Waals surface area contributed by atoms with Crippen LogP contribution in [0.25, 0.3) is 22.6 Å². The molecule has 0 fully saturated rings. The van der Waals surface area contributed by atoms with E-state index in [1.165, 1.54) is 6.92 Å². The van der Waals surface area contributed by atoms with E-state index in [0.29, 0.717) is 33.1 Å². The number of hydrogen-bond donors (Lipinski definition) is 0. The monoisotopic (exact) mass is 465 g/mol. The van der Waals surface area contributed by atoms with E-state index >= 15 is 0 Å². The minimum atomic E-state index is -0.732. The number of ketones is 1. The Labute approximate surface area is 191 Å². The Morgan fingerprint density at radius 2 is 1.67 bits per heavy atom. The quantitative estimate of drug-likeness (QED) is 0.194. The molecule has 4 rings (SSSR count). The van der Waals surface area contributed by atoms with Crippen LogP contribution in [0.3, 0.4) is 0 Å². The molecule has 0 atom stereocenters. The van der Waals surface area contributed by atoms with Crippen molar-refractivity contribution in [3.63, 3.8) is 0 Å². The van der Waals surface area contributed by atoms with Crippen LogP contribution in [-0.4, -0.2) is 20.6 Å². The summed E-state index contributed by atoms with van der Waals surface area (Å²) in [5.74, 6) is -0.131. The van der Waals surface area contributed by atoms with E-state index in [1.54, 1.807) is 36.4 Å². The number of nitro groups is 2. The van der Waals surface area contributed by atoms with Gasteiger partial charge in [-0.15, -0.1) is 0 Å². The van der Waals surface area contributed by atoms with Crippen molar-refractivity contribution in [3.05, 3.63) is 96.0 Å². The number of carbonyl (C=O) groups is 1. The predicted octanol–water partition coefficient (Wildman–Crippen LogP) is 6.01. The maximum absolute atomic E-state index is 13.0. The van der Waals surface area contributed by atoms with Crippen LogP contribution >= 0.6 is 11.6 Å². The highest BCUT2D eigenvalue weighted by atomic mass is 35.5. The molecule has 0 radical (unpaired) electrons. The second kappa shape index (κ2) is 8.44. The lowest BCUT2D eigenvalue weighted by Crippen LogP contribution is -2.08. The number of halogens is 1. The number of carbonyl (C=O) groups excluding carboxylic acids is 1. The summed E-state index contributed by atoms with van der Waals surface area (Å²) in [7, 11) is 0. The highest BCUT2D eigenvalue weighted by Crippen LogP contribution is 2.31. The minimum absolute atomic E-state index is 0.0969. The smallest absolute Gasteiger partial charge is 0.279 e. The zero-order chi connectivity index (χ0) is 23.9. The third-order valence-electron chi connectivity index (χ3n) is 5.36. The van der Waals surface area contributed by atoms with Gasteiger partial charge in [-0.25, -0.2) is 4.98 Å². The number of fused-ring (bicyclic) bond motifs is 1. The van der Waals surface area contributed by atoms with E-state index in [-0.39, 0.29) is 17.5 Å². The van der Waals surface area contributed by atoms with Crippen LogP contribution in [0.4, 0.5) is 11.4 Å². The van der Waals surface area contributed by atoms with Gasteiger partial charge >= 0.3 is 0 Å². The Morgan fingerprint density at radius 3 is 2.30 bits per heavy atom. The average molecular weight is 466 g/mol. The van der Waals surface area contributed by atoms with Crippen molar-refractivity contribution in [1.29, 1.82) is 0 Å². The molecule has 0 aliphatic rings. The summed E-state index contributed by atoms with van der Waals surface area (Å²) in [6.45, 7) is 3.10. The highest BCUT2D eigenvalue weighted by Gasteiger charge is 2.25. The summed E-state index contributed by atoms with van der Waals surface area (Å²) < 4.78 is 5.79. The summed E-state index contributed by atoms with van der Waals surface area (Å²) in [5.41, 5.74) is 2.10. The number of nitro benzene ring substituents is 2. The zero-order valence-corrected chi connectivity index (χ0v) is 18.3. The number of nitrogens with zero attached hydrogens (tertiary/aromatic N) is 3. The normalized spacial score (nSPS) is 11.0. The van der Waals surface area contributed by atoms with Crippen LogP contribution < -0.4 is 0 Å². The first-order valence-electron chi connectivity index (χ1n) is 9.76. The first-order valence-corrected chi connectivity index (χ1v) is 10.1. The van der Waals surface area contributed by atoms with Crippen LogP contribution in [0.1, 0.15) is 27.0 Å². The summed E-state index contributed by atoms with van der Waals surface area (Å²) >= 11 is 6.00. The van der Waals surface area contributed by atoms with Gasteiger partial charge in [0.05, 0.1) is 9.85 Å². The Bertz CT molecular complexity index is 1430. The van der Waals surface area contributed by atoms with Crippen LogP contribution in [-0.2, 0) is 6.42 Å². The van der Waals surface area contributed by atoms with Gasteiger partial charge in [-0.3, -0.25) is 25.0 Å². The topological polar surface area (TPSA) is 129 Å². The number of aromatic nitrogens is 1. The molecule has 0 saturated heterocycles. The molecule has 0 aliphatic carbocycles. The third kappa shape index (κ3) is 4.31. The lowest BCUT2D eigenvalue weighted by molar-refractivity contribution is -0.395. The molecule has 0 N–H and O–H groups in total. The van der Waals surface area contributed by atoms with Crippen molar-refractivity contribution in [1.82, 2.24) is 4.98 Å². The van der Waals surface area contributed by atoms with Gasteiger partial charge in [-0.1, -0.05) is 17.7 Å². The van der Waals surface area contributed by atoms with Crippen molar-refractivity contribution in [2.24, 2.45) is 0 Å².